The Morgan fingerprint density at radius 1 is 0.966 bits per heavy atom. The molecule has 2 amide bonds. The third kappa shape index (κ3) is 6.04. The van der Waals surface area contributed by atoms with Gasteiger partial charge < -0.3 is 15.1 Å². The quantitative estimate of drug-likeness (QED) is 0.747. The molecule has 29 heavy (non-hydrogen) atoms. The van der Waals surface area contributed by atoms with Crippen molar-refractivity contribution in [3.8, 4) is 0 Å². The summed E-state index contributed by atoms with van der Waals surface area (Å²) in [7, 11) is 3.97. The van der Waals surface area contributed by atoms with Gasteiger partial charge in [0.2, 0.25) is 11.8 Å². The molecule has 2 aromatic carbocycles. The monoisotopic (exact) mass is 395 g/mol. The fourth-order valence-electron chi connectivity index (χ4n) is 4.13. The Balaban J connectivity index is 1.42. The fraction of sp³-hybridized carbons (Fsp3) is 0.500. The Morgan fingerprint density at radius 3 is 2.48 bits per heavy atom. The third-order valence-corrected chi connectivity index (χ3v) is 6.08. The summed E-state index contributed by atoms with van der Waals surface area (Å²) >= 11 is 0. The summed E-state index contributed by atoms with van der Waals surface area (Å²) in [6.07, 6.45) is 6.78. The Labute approximate surface area is 174 Å². The number of hydrogen-bond acceptors (Lipinski definition) is 3. The second kappa shape index (κ2) is 10.4. The van der Waals surface area contributed by atoms with E-state index in [1.807, 2.05) is 49.5 Å². The Kier molecular flexibility index (Phi) is 7.64. The smallest absolute Gasteiger partial charge is 0.241 e. The number of likely N-dealkylation sites (N-methyl/N-ethyl adjacent to an activating group) is 2. The summed E-state index contributed by atoms with van der Waals surface area (Å²) in [5.74, 6) is -0.171. The molecule has 0 unspecified atom stereocenters. The van der Waals surface area contributed by atoms with Gasteiger partial charge in [-0.2, -0.15) is 0 Å². The largest absolute Gasteiger partial charge is 0.347 e. The first kappa shape index (κ1) is 21.3. The van der Waals surface area contributed by atoms with Gasteiger partial charge in [-0.3, -0.25) is 9.59 Å². The second-order valence-corrected chi connectivity index (χ2v) is 8.18. The Morgan fingerprint density at radius 2 is 1.69 bits per heavy atom. The molecule has 1 N–H and O–H groups in total. The molecule has 0 aliphatic heterocycles. The van der Waals surface area contributed by atoms with E-state index in [4.69, 9.17) is 0 Å². The summed E-state index contributed by atoms with van der Waals surface area (Å²) in [6.45, 7) is 1.61. The Hall–Kier alpha value is -2.40. The van der Waals surface area contributed by atoms with E-state index in [2.05, 4.69) is 17.3 Å². The molecule has 1 saturated carbocycles. The zero-order valence-electron chi connectivity index (χ0n) is 17.7. The van der Waals surface area contributed by atoms with Crippen LogP contribution in [-0.2, 0) is 16.0 Å². The number of nitrogens with one attached hydrogen (secondary N) is 1. The van der Waals surface area contributed by atoms with Crippen molar-refractivity contribution in [3.05, 3.63) is 48.0 Å². The highest BCUT2D eigenvalue weighted by Crippen LogP contribution is 2.21. The topological polar surface area (TPSA) is 52.6 Å². The molecule has 5 heteroatoms. The van der Waals surface area contributed by atoms with Crippen molar-refractivity contribution >= 4 is 22.6 Å². The second-order valence-electron chi connectivity index (χ2n) is 8.18. The molecular weight excluding hydrogens is 362 g/mol. The van der Waals surface area contributed by atoms with E-state index in [1.165, 1.54) is 32.1 Å². The number of amides is 2. The predicted octanol–water partition coefficient (Wildman–Crippen LogP) is 3.22. The standard InChI is InChI=1S/C24H33N3O2/c1-26(21-12-4-3-5-13-21)15-16-27(2)24(29)18-25-23(28)17-20-11-8-10-19-9-6-7-14-22(19)20/h6-11,14,21H,3-5,12-13,15-18H2,1-2H3,(H,25,28). The van der Waals surface area contributed by atoms with Gasteiger partial charge in [-0.25, -0.2) is 0 Å². The zero-order chi connectivity index (χ0) is 20.6. The summed E-state index contributed by atoms with van der Waals surface area (Å²) in [5.41, 5.74) is 0.982. The fourth-order valence-corrected chi connectivity index (χ4v) is 4.13. The summed E-state index contributed by atoms with van der Waals surface area (Å²) in [4.78, 5) is 28.9. The highest BCUT2D eigenvalue weighted by atomic mass is 16.2. The number of rotatable bonds is 8. The third-order valence-electron chi connectivity index (χ3n) is 6.08. The lowest BCUT2D eigenvalue weighted by molar-refractivity contribution is -0.131. The Bertz CT molecular complexity index is 824. The number of nitrogens with zero attached hydrogens (tertiary/aromatic N) is 2. The van der Waals surface area contributed by atoms with Crippen LogP contribution in [0.25, 0.3) is 10.8 Å². The van der Waals surface area contributed by atoms with Gasteiger partial charge in [-0.1, -0.05) is 61.7 Å². The van der Waals surface area contributed by atoms with Crippen molar-refractivity contribution in [2.45, 2.75) is 44.6 Å². The molecule has 0 saturated heterocycles. The maximum Gasteiger partial charge on any atom is 0.241 e. The van der Waals surface area contributed by atoms with Crippen LogP contribution >= 0.6 is 0 Å². The molecule has 3 rings (SSSR count). The molecule has 5 nitrogen and oxygen atoms in total. The molecule has 1 aliphatic carbocycles. The van der Waals surface area contributed by atoms with Crippen molar-refractivity contribution in [3.63, 3.8) is 0 Å². The zero-order valence-corrected chi connectivity index (χ0v) is 17.7. The first-order chi connectivity index (χ1) is 14.0. The highest BCUT2D eigenvalue weighted by Gasteiger charge is 2.19. The number of fused-ring (bicyclic) bond motifs is 1. The minimum atomic E-state index is -0.123. The predicted molar refractivity (Wildman–Crippen MR) is 118 cm³/mol. The van der Waals surface area contributed by atoms with Gasteiger partial charge in [0.25, 0.3) is 0 Å². The average Bonchev–Trinajstić information content (AvgIpc) is 2.76. The molecule has 1 fully saturated rings. The molecule has 2 aromatic rings. The molecule has 156 valence electrons. The molecular formula is C24H33N3O2. The lowest BCUT2D eigenvalue weighted by Crippen LogP contribution is -2.43. The molecule has 0 aromatic heterocycles. The highest BCUT2D eigenvalue weighted by molar-refractivity contribution is 5.91. The maximum atomic E-state index is 12.4. The molecule has 0 radical (unpaired) electrons. The lowest BCUT2D eigenvalue weighted by Gasteiger charge is -2.32. The minimum absolute atomic E-state index is 0.0479. The van der Waals surface area contributed by atoms with Gasteiger partial charge in [0, 0.05) is 26.2 Å². The van der Waals surface area contributed by atoms with E-state index in [1.54, 1.807) is 4.90 Å². The van der Waals surface area contributed by atoms with Gasteiger partial charge in [-0.15, -0.1) is 0 Å². The van der Waals surface area contributed by atoms with Crippen molar-refractivity contribution in [2.75, 3.05) is 33.7 Å². The summed E-state index contributed by atoms with van der Waals surface area (Å²) < 4.78 is 0. The van der Waals surface area contributed by atoms with Crippen LogP contribution in [0.1, 0.15) is 37.7 Å². The van der Waals surface area contributed by atoms with E-state index in [9.17, 15) is 9.59 Å². The van der Waals surface area contributed by atoms with Crippen LogP contribution in [0.3, 0.4) is 0 Å². The van der Waals surface area contributed by atoms with Crippen molar-refractivity contribution < 1.29 is 9.59 Å². The van der Waals surface area contributed by atoms with Crippen LogP contribution in [0.4, 0.5) is 0 Å². The average molecular weight is 396 g/mol. The van der Waals surface area contributed by atoms with E-state index in [0.29, 0.717) is 12.6 Å². The van der Waals surface area contributed by atoms with E-state index in [-0.39, 0.29) is 24.8 Å². The molecule has 0 bridgehead atoms. The van der Waals surface area contributed by atoms with Gasteiger partial charge in [0.15, 0.2) is 0 Å². The number of benzene rings is 2. The van der Waals surface area contributed by atoms with Crippen LogP contribution in [0.15, 0.2) is 42.5 Å². The molecule has 0 heterocycles. The van der Waals surface area contributed by atoms with E-state index < -0.39 is 0 Å². The lowest BCUT2D eigenvalue weighted by atomic mass is 9.94. The van der Waals surface area contributed by atoms with Gasteiger partial charge >= 0.3 is 0 Å². The van der Waals surface area contributed by atoms with Crippen molar-refractivity contribution in [1.29, 1.82) is 0 Å². The summed E-state index contributed by atoms with van der Waals surface area (Å²) in [6, 6.07) is 14.7. The SMILES string of the molecule is CN(CCN(C)C1CCCCC1)C(=O)CNC(=O)Cc1cccc2ccccc12. The minimum Gasteiger partial charge on any atom is -0.347 e. The van der Waals surface area contributed by atoms with Crippen molar-refractivity contribution in [1.82, 2.24) is 15.1 Å². The number of carbonyl (C=O) groups excluding carboxylic acids is 2. The number of carbonyl (C=O) groups is 2. The van der Waals surface area contributed by atoms with Gasteiger partial charge in [0.05, 0.1) is 13.0 Å². The van der Waals surface area contributed by atoms with Crippen LogP contribution in [0.5, 0.6) is 0 Å². The van der Waals surface area contributed by atoms with Crippen molar-refractivity contribution in [2.24, 2.45) is 0 Å². The van der Waals surface area contributed by atoms with Crippen LogP contribution in [0, 0.1) is 0 Å². The first-order valence-corrected chi connectivity index (χ1v) is 10.7. The normalized spacial score (nSPS) is 14.9. The summed E-state index contributed by atoms with van der Waals surface area (Å²) in [5, 5.41) is 4.99. The first-order valence-electron chi connectivity index (χ1n) is 10.7. The molecule has 0 spiro atoms. The molecule has 1 aliphatic rings. The van der Waals surface area contributed by atoms with Crippen LogP contribution in [0.2, 0.25) is 0 Å². The van der Waals surface area contributed by atoms with Crippen LogP contribution < -0.4 is 5.32 Å². The number of hydrogen-bond donors (Lipinski definition) is 1. The van der Waals surface area contributed by atoms with Crippen LogP contribution in [-0.4, -0.2) is 61.4 Å². The molecule has 0 atom stereocenters. The van der Waals surface area contributed by atoms with E-state index >= 15 is 0 Å². The van der Waals surface area contributed by atoms with Gasteiger partial charge in [-0.05, 0) is 36.2 Å². The maximum absolute atomic E-state index is 12.4. The van der Waals surface area contributed by atoms with Gasteiger partial charge in [0.1, 0.15) is 0 Å². The van der Waals surface area contributed by atoms with E-state index in [0.717, 1.165) is 22.9 Å².